The molecule has 37 heavy (non-hydrogen) atoms. The fourth-order valence-corrected chi connectivity index (χ4v) is 6.40. The maximum Gasteiger partial charge on any atom is 0.223 e. The Morgan fingerprint density at radius 2 is 1.84 bits per heavy atom. The molecule has 3 aliphatic rings. The zero-order valence-corrected chi connectivity index (χ0v) is 22.6. The number of Topliss-reactive ketones (excluding diaryl/α,β-unsaturated/α-hetero) is 1. The van der Waals surface area contributed by atoms with Gasteiger partial charge < -0.3 is 20.1 Å². The van der Waals surface area contributed by atoms with E-state index in [-0.39, 0.29) is 47.5 Å². The Balaban J connectivity index is 0.000000405. The third-order valence-corrected chi connectivity index (χ3v) is 8.66. The Hall–Kier alpha value is -2.74. The highest BCUT2D eigenvalue weighted by molar-refractivity contribution is 5.85. The highest BCUT2D eigenvalue weighted by Crippen LogP contribution is 2.43. The molecular formula is C29H41FN4O3. The first-order valence-electron chi connectivity index (χ1n) is 13.7. The van der Waals surface area contributed by atoms with Crippen LogP contribution in [0.25, 0.3) is 10.9 Å². The molecule has 2 amide bonds. The molecule has 0 unspecified atom stereocenters. The number of rotatable bonds is 5. The number of aromatic amines is 1. The minimum atomic E-state index is -0.266. The van der Waals surface area contributed by atoms with Crippen LogP contribution in [0.15, 0.2) is 24.4 Å². The lowest BCUT2D eigenvalue weighted by Gasteiger charge is -2.31. The van der Waals surface area contributed by atoms with Gasteiger partial charge in [-0.3, -0.25) is 14.4 Å². The molecule has 0 bridgehead atoms. The molecule has 1 aliphatic carbocycles. The minimum Gasteiger partial charge on any atom is -0.361 e. The predicted molar refractivity (Wildman–Crippen MR) is 143 cm³/mol. The van der Waals surface area contributed by atoms with E-state index in [9.17, 15) is 18.8 Å². The van der Waals surface area contributed by atoms with Gasteiger partial charge in [-0.2, -0.15) is 0 Å². The number of H-pyrrole nitrogens is 1. The average Bonchev–Trinajstić information content (AvgIpc) is 3.58. The lowest BCUT2D eigenvalue weighted by atomic mass is 9.86. The molecule has 2 N–H and O–H groups in total. The first-order chi connectivity index (χ1) is 17.7. The molecular weight excluding hydrogens is 471 g/mol. The van der Waals surface area contributed by atoms with Crippen LogP contribution in [0, 0.1) is 11.7 Å². The highest BCUT2D eigenvalue weighted by Gasteiger charge is 2.51. The first-order valence-corrected chi connectivity index (χ1v) is 13.7. The van der Waals surface area contributed by atoms with Crippen molar-refractivity contribution in [3.8, 4) is 0 Å². The largest absolute Gasteiger partial charge is 0.361 e. The summed E-state index contributed by atoms with van der Waals surface area (Å²) in [6, 6.07) is 4.82. The van der Waals surface area contributed by atoms with E-state index in [1.54, 1.807) is 33.0 Å². The smallest absolute Gasteiger partial charge is 0.223 e. The van der Waals surface area contributed by atoms with Gasteiger partial charge in [0.2, 0.25) is 11.8 Å². The predicted octanol–water partition coefficient (Wildman–Crippen LogP) is 4.38. The molecule has 8 heteroatoms. The van der Waals surface area contributed by atoms with Crippen LogP contribution in [0.4, 0.5) is 4.39 Å². The van der Waals surface area contributed by atoms with Crippen molar-refractivity contribution in [1.82, 2.24) is 20.1 Å². The van der Waals surface area contributed by atoms with E-state index in [0.717, 1.165) is 35.7 Å². The van der Waals surface area contributed by atoms with Gasteiger partial charge in [-0.1, -0.05) is 19.3 Å². The topological polar surface area (TPSA) is 85.5 Å². The summed E-state index contributed by atoms with van der Waals surface area (Å²) in [5.41, 5.74) is 1.91. The normalized spacial score (nSPS) is 24.5. The van der Waals surface area contributed by atoms with Crippen molar-refractivity contribution in [1.29, 1.82) is 0 Å². The third-order valence-electron chi connectivity index (χ3n) is 8.66. The summed E-state index contributed by atoms with van der Waals surface area (Å²) in [5.74, 6) is 0.708. The quantitative estimate of drug-likeness (QED) is 0.623. The molecule has 0 spiro atoms. The fourth-order valence-electron chi connectivity index (χ4n) is 6.40. The summed E-state index contributed by atoms with van der Waals surface area (Å²) in [6.07, 6.45) is 9.43. The number of nitrogens with zero attached hydrogens (tertiary/aromatic N) is 2. The highest BCUT2D eigenvalue weighted by atomic mass is 19.1. The van der Waals surface area contributed by atoms with E-state index in [0.29, 0.717) is 25.4 Å². The van der Waals surface area contributed by atoms with E-state index in [1.165, 1.54) is 25.3 Å². The molecule has 3 heterocycles. The van der Waals surface area contributed by atoms with Gasteiger partial charge in [0, 0.05) is 49.5 Å². The van der Waals surface area contributed by atoms with Crippen molar-refractivity contribution in [2.75, 3.05) is 20.1 Å². The van der Waals surface area contributed by atoms with E-state index >= 15 is 0 Å². The molecule has 7 nitrogen and oxygen atoms in total. The number of carbonyl (C=O) groups excluding carboxylic acids is 3. The second-order valence-electron chi connectivity index (χ2n) is 11.0. The van der Waals surface area contributed by atoms with Gasteiger partial charge in [-0.25, -0.2) is 4.39 Å². The lowest BCUT2D eigenvalue weighted by molar-refractivity contribution is -0.134. The number of nitrogens with one attached hydrogen (secondary N) is 2. The summed E-state index contributed by atoms with van der Waals surface area (Å²) in [5, 5.41) is 3.67. The summed E-state index contributed by atoms with van der Waals surface area (Å²) < 4.78 is 14.0. The van der Waals surface area contributed by atoms with Crippen LogP contribution < -0.4 is 5.32 Å². The van der Waals surface area contributed by atoms with Crippen molar-refractivity contribution >= 4 is 28.5 Å². The number of likely N-dealkylation sites (N-methyl/N-ethyl adjacent to an activating group) is 1. The second-order valence-corrected chi connectivity index (χ2v) is 11.0. The van der Waals surface area contributed by atoms with Crippen LogP contribution in [0.1, 0.15) is 77.2 Å². The van der Waals surface area contributed by atoms with E-state index in [1.807, 2.05) is 22.9 Å². The SMILES string of the molecule is CC(=O)N1C[C@H](c2c[nH]c3ccc(F)cc23)[C@@H]2[C@H]1CCN2C(=O)CC1CCCCC1.CN[C@@H](C)C(C)=O. The number of likely N-dealkylation sites (tertiary alicyclic amines) is 2. The fraction of sp³-hybridized carbons (Fsp3) is 0.621. The molecule has 2 aromatic rings. The zero-order valence-electron chi connectivity index (χ0n) is 22.6. The van der Waals surface area contributed by atoms with E-state index in [2.05, 4.69) is 10.3 Å². The van der Waals surface area contributed by atoms with Gasteiger partial charge in [-0.05, 0) is 69.8 Å². The molecule has 2 aliphatic heterocycles. The van der Waals surface area contributed by atoms with Crippen LogP contribution >= 0.6 is 0 Å². The molecule has 0 radical (unpaired) electrons. The van der Waals surface area contributed by atoms with Crippen LogP contribution in [0.3, 0.4) is 0 Å². The van der Waals surface area contributed by atoms with Crippen molar-refractivity contribution in [2.24, 2.45) is 5.92 Å². The summed E-state index contributed by atoms with van der Waals surface area (Å²) in [7, 11) is 1.77. The Morgan fingerprint density at radius 3 is 2.46 bits per heavy atom. The number of benzene rings is 1. The first kappa shape index (κ1) is 27.3. The van der Waals surface area contributed by atoms with Gasteiger partial charge >= 0.3 is 0 Å². The van der Waals surface area contributed by atoms with Crippen LogP contribution in [-0.2, 0) is 14.4 Å². The number of fused-ring (bicyclic) bond motifs is 2. The molecule has 2 saturated heterocycles. The molecule has 1 saturated carbocycles. The summed E-state index contributed by atoms with van der Waals surface area (Å²) in [6.45, 7) is 6.31. The summed E-state index contributed by atoms with van der Waals surface area (Å²) in [4.78, 5) is 43.2. The van der Waals surface area contributed by atoms with E-state index < -0.39 is 0 Å². The number of aromatic nitrogens is 1. The zero-order chi connectivity index (χ0) is 26.7. The number of amides is 2. The number of halogens is 1. The molecule has 1 aromatic heterocycles. The number of ketones is 1. The Kier molecular flexibility index (Phi) is 8.67. The minimum absolute atomic E-state index is 0.00672. The number of hydrogen-bond acceptors (Lipinski definition) is 4. The third kappa shape index (κ3) is 5.89. The molecule has 5 rings (SSSR count). The number of carbonyl (C=O) groups is 3. The summed E-state index contributed by atoms with van der Waals surface area (Å²) >= 11 is 0. The molecule has 4 atom stereocenters. The van der Waals surface area contributed by atoms with Crippen LogP contribution in [0.2, 0.25) is 0 Å². The monoisotopic (exact) mass is 512 g/mol. The average molecular weight is 513 g/mol. The van der Waals surface area contributed by atoms with Crippen LogP contribution in [0.5, 0.6) is 0 Å². The standard InChI is InChI=1S/C24H30FN3O2.C5H11NO/c1-15(29)28-14-20(19-13-26-21-8-7-17(25)12-18(19)21)24-22(28)9-10-27(24)23(30)11-16-5-3-2-4-6-16;1-4(6-3)5(2)7/h7-8,12-13,16,20,22,24,26H,2-6,9-11,14H2,1H3;4,6H,1-3H3/t20-,22-,24-;4-/m10/s1. The van der Waals surface area contributed by atoms with Gasteiger partial charge in [0.25, 0.3) is 0 Å². The Bertz CT molecular complexity index is 1130. The van der Waals surface area contributed by atoms with Crippen LogP contribution in [-0.4, -0.2) is 70.6 Å². The van der Waals surface area contributed by atoms with Gasteiger partial charge in [0.1, 0.15) is 11.6 Å². The van der Waals surface area contributed by atoms with E-state index in [4.69, 9.17) is 0 Å². The lowest BCUT2D eigenvalue weighted by Crippen LogP contribution is -2.43. The van der Waals surface area contributed by atoms with Gasteiger partial charge in [0.05, 0.1) is 18.1 Å². The van der Waals surface area contributed by atoms with Crippen molar-refractivity contribution in [2.45, 2.75) is 89.8 Å². The number of hydrogen-bond donors (Lipinski definition) is 2. The molecule has 1 aromatic carbocycles. The molecule has 3 fully saturated rings. The van der Waals surface area contributed by atoms with Gasteiger partial charge in [0.15, 0.2) is 0 Å². The second kappa shape index (κ2) is 11.8. The maximum absolute atomic E-state index is 14.0. The molecule has 202 valence electrons. The van der Waals surface area contributed by atoms with Crippen molar-refractivity contribution in [3.05, 3.63) is 35.8 Å². The van der Waals surface area contributed by atoms with Crippen molar-refractivity contribution < 1.29 is 18.8 Å². The Labute approximate surface area is 219 Å². The van der Waals surface area contributed by atoms with Crippen molar-refractivity contribution in [3.63, 3.8) is 0 Å². The maximum atomic E-state index is 14.0. The Morgan fingerprint density at radius 1 is 1.11 bits per heavy atom. The van der Waals surface area contributed by atoms with Gasteiger partial charge in [-0.15, -0.1) is 0 Å².